The lowest BCUT2D eigenvalue weighted by molar-refractivity contribution is 0.237. The predicted octanol–water partition coefficient (Wildman–Crippen LogP) is 3.03. The number of hydrogen-bond acceptors (Lipinski definition) is 5. The maximum absolute atomic E-state index is 12.0. The maximum atomic E-state index is 12.0. The van der Waals surface area contributed by atoms with Crippen LogP contribution in [0, 0.1) is 0 Å². The molecular formula is C18H26Cl2N6O. The normalized spacial score (nSPS) is 14.7. The molecule has 1 aromatic carbocycles. The third-order valence-electron chi connectivity index (χ3n) is 5.02. The predicted molar refractivity (Wildman–Crippen MR) is 115 cm³/mol. The molecule has 1 aliphatic rings. The SMILES string of the molecule is CCn1c(=O)[nH]c2cc3c(NCCN4CCCCC4)ncnc3cc21.Cl.Cl. The van der Waals surface area contributed by atoms with Gasteiger partial charge >= 0.3 is 5.69 Å². The van der Waals surface area contributed by atoms with Gasteiger partial charge in [-0.1, -0.05) is 6.42 Å². The van der Waals surface area contributed by atoms with Crippen molar-refractivity contribution in [2.24, 2.45) is 0 Å². The number of aryl methyl sites for hydroxylation is 1. The van der Waals surface area contributed by atoms with Gasteiger partial charge in [0.25, 0.3) is 0 Å². The number of halogens is 2. The van der Waals surface area contributed by atoms with Crippen molar-refractivity contribution in [2.75, 3.05) is 31.5 Å². The van der Waals surface area contributed by atoms with Crippen molar-refractivity contribution in [3.63, 3.8) is 0 Å². The molecule has 7 nitrogen and oxygen atoms in total. The van der Waals surface area contributed by atoms with Gasteiger partial charge in [-0.2, -0.15) is 0 Å². The summed E-state index contributed by atoms with van der Waals surface area (Å²) < 4.78 is 1.72. The van der Waals surface area contributed by atoms with Crippen LogP contribution in [0.25, 0.3) is 21.9 Å². The van der Waals surface area contributed by atoms with Crippen molar-refractivity contribution < 1.29 is 0 Å². The number of imidazole rings is 1. The highest BCUT2D eigenvalue weighted by atomic mass is 35.5. The lowest BCUT2D eigenvalue weighted by Crippen LogP contribution is -2.33. The van der Waals surface area contributed by atoms with Crippen LogP contribution in [0.1, 0.15) is 26.2 Å². The molecule has 0 aliphatic carbocycles. The number of hydrogen-bond donors (Lipinski definition) is 2. The second kappa shape index (κ2) is 9.39. The van der Waals surface area contributed by atoms with Crippen molar-refractivity contribution in [1.82, 2.24) is 24.4 Å². The Morgan fingerprint density at radius 1 is 1.15 bits per heavy atom. The molecule has 0 amide bonds. The number of benzene rings is 1. The third-order valence-corrected chi connectivity index (χ3v) is 5.02. The molecular weight excluding hydrogens is 387 g/mol. The fraction of sp³-hybridized carbons (Fsp3) is 0.500. The van der Waals surface area contributed by atoms with E-state index in [4.69, 9.17) is 0 Å². The van der Waals surface area contributed by atoms with E-state index in [-0.39, 0.29) is 30.5 Å². The maximum Gasteiger partial charge on any atom is 0.326 e. The van der Waals surface area contributed by atoms with Gasteiger partial charge in [-0.3, -0.25) is 4.57 Å². The summed E-state index contributed by atoms with van der Waals surface area (Å²) in [5, 5.41) is 4.39. The van der Waals surface area contributed by atoms with Crippen LogP contribution in [0.5, 0.6) is 0 Å². The highest BCUT2D eigenvalue weighted by Gasteiger charge is 2.12. The van der Waals surface area contributed by atoms with Crippen molar-refractivity contribution in [3.05, 3.63) is 28.9 Å². The lowest BCUT2D eigenvalue weighted by Gasteiger charge is -2.26. The first kappa shape index (κ1) is 21.5. The fourth-order valence-electron chi connectivity index (χ4n) is 3.68. The number of aromatic amines is 1. The summed E-state index contributed by atoms with van der Waals surface area (Å²) in [6, 6.07) is 3.94. The van der Waals surface area contributed by atoms with Crippen molar-refractivity contribution in [1.29, 1.82) is 0 Å². The number of H-pyrrole nitrogens is 1. The Bertz CT molecular complexity index is 948. The first-order valence-corrected chi connectivity index (χ1v) is 9.10. The Labute approximate surface area is 170 Å². The number of nitrogens with zero attached hydrogens (tertiary/aromatic N) is 4. The number of aromatic nitrogens is 4. The standard InChI is InChI=1S/C18H24N6O.2ClH/c1-2-24-16-11-14-13(10-15(16)22-18(24)25)17(21-12-20-14)19-6-9-23-7-4-3-5-8-23;;/h10-12H,2-9H2,1H3,(H,22,25)(H,19,20,21);2*1H. The Balaban J connectivity index is 0.00000131. The molecule has 0 bridgehead atoms. The smallest absolute Gasteiger partial charge is 0.326 e. The molecule has 1 aliphatic heterocycles. The van der Waals surface area contributed by atoms with E-state index in [9.17, 15) is 4.79 Å². The largest absolute Gasteiger partial charge is 0.368 e. The number of piperidine rings is 1. The van der Waals surface area contributed by atoms with Gasteiger partial charge < -0.3 is 15.2 Å². The van der Waals surface area contributed by atoms with E-state index in [0.717, 1.165) is 40.8 Å². The van der Waals surface area contributed by atoms with Crippen LogP contribution in [0.3, 0.4) is 0 Å². The number of likely N-dealkylation sites (tertiary alicyclic amines) is 1. The summed E-state index contributed by atoms with van der Waals surface area (Å²) in [6.45, 7) is 6.87. The molecule has 0 unspecified atom stereocenters. The summed E-state index contributed by atoms with van der Waals surface area (Å²) in [5.41, 5.74) is 2.48. The van der Waals surface area contributed by atoms with E-state index in [0.29, 0.717) is 6.54 Å². The van der Waals surface area contributed by atoms with E-state index < -0.39 is 0 Å². The average molecular weight is 413 g/mol. The third kappa shape index (κ3) is 4.36. The number of nitrogens with one attached hydrogen (secondary N) is 2. The zero-order chi connectivity index (χ0) is 17.2. The van der Waals surface area contributed by atoms with Crippen LogP contribution in [0.2, 0.25) is 0 Å². The molecule has 1 saturated heterocycles. The Morgan fingerprint density at radius 2 is 1.93 bits per heavy atom. The van der Waals surface area contributed by atoms with E-state index in [1.807, 2.05) is 19.1 Å². The van der Waals surface area contributed by atoms with Crippen molar-refractivity contribution in [2.45, 2.75) is 32.7 Å². The lowest BCUT2D eigenvalue weighted by atomic mass is 10.1. The highest BCUT2D eigenvalue weighted by Crippen LogP contribution is 2.24. The van der Waals surface area contributed by atoms with E-state index in [1.165, 1.54) is 32.4 Å². The summed E-state index contributed by atoms with van der Waals surface area (Å²) in [6.07, 6.45) is 5.54. The zero-order valence-corrected chi connectivity index (χ0v) is 17.0. The van der Waals surface area contributed by atoms with E-state index in [2.05, 4.69) is 25.2 Å². The molecule has 0 saturated carbocycles. The van der Waals surface area contributed by atoms with Gasteiger partial charge in [0.15, 0.2) is 0 Å². The summed E-state index contributed by atoms with van der Waals surface area (Å²) in [7, 11) is 0. The molecule has 4 rings (SSSR count). The Morgan fingerprint density at radius 3 is 2.67 bits per heavy atom. The van der Waals surface area contributed by atoms with Crippen molar-refractivity contribution >= 4 is 52.6 Å². The van der Waals surface area contributed by atoms with Gasteiger partial charge in [-0.25, -0.2) is 14.8 Å². The van der Waals surface area contributed by atoms with Gasteiger partial charge in [0.2, 0.25) is 0 Å². The van der Waals surface area contributed by atoms with E-state index >= 15 is 0 Å². The quantitative estimate of drug-likeness (QED) is 0.672. The van der Waals surface area contributed by atoms with Crippen LogP contribution in [0.4, 0.5) is 5.82 Å². The summed E-state index contributed by atoms with van der Waals surface area (Å²) in [5.74, 6) is 0.828. The van der Waals surface area contributed by atoms with Crippen LogP contribution >= 0.6 is 24.8 Å². The van der Waals surface area contributed by atoms with Crippen LogP contribution in [-0.4, -0.2) is 50.6 Å². The van der Waals surface area contributed by atoms with Crippen LogP contribution < -0.4 is 11.0 Å². The minimum absolute atomic E-state index is 0. The fourth-order valence-corrected chi connectivity index (χ4v) is 3.68. The first-order valence-electron chi connectivity index (χ1n) is 9.10. The average Bonchev–Trinajstić information content (AvgIpc) is 2.95. The molecule has 3 heterocycles. The first-order chi connectivity index (χ1) is 12.3. The molecule has 148 valence electrons. The Kier molecular flexibility index (Phi) is 7.47. The van der Waals surface area contributed by atoms with E-state index in [1.54, 1.807) is 10.9 Å². The number of anilines is 1. The Hall–Kier alpha value is -1.83. The highest BCUT2D eigenvalue weighted by molar-refractivity contribution is 5.98. The van der Waals surface area contributed by atoms with Gasteiger partial charge in [0.05, 0.1) is 16.6 Å². The summed E-state index contributed by atoms with van der Waals surface area (Å²) in [4.78, 5) is 26.2. The van der Waals surface area contributed by atoms with Crippen LogP contribution in [0.15, 0.2) is 23.3 Å². The number of rotatable bonds is 5. The topological polar surface area (TPSA) is 78.8 Å². The molecule has 27 heavy (non-hydrogen) atoms. The number of fused-ring (bicyclic) bond motifs is 2. The van der Waals surface area contributed by atoms with Gasteiger partial charge in [-0.15, -0.1) is 24.8 Å². The second-order valence-corrected chi connectivity index (χ2v) is 6.61. The van der Waals surface area contributed by atoms with Gasteiger partial charge in [-0.05, 0) is 45.0 Å². The molecule has 9 heteroatoms. The molecule has 0 spiro atoms. The molecule has 0 radical (unpaired) electrons. The minimum atomic E-state index is -0.0830. The molecule has 0 atom stereocenters. The minimum Gasteiger partial charge on any atom is -0.368 e. The molecule has 3 aromatic rings. The van der Waals surface area contributed by atoms with Crippen LogP contribution in [-0.2, 0) is 6.54 Å². The second-order valence-electron chi connectivity index (χ2n) is 6.61. The van der Waals surface area contributed by atoms with Gasteiger partial charge in [0.1, 0.15) is 12.1 Å². The zero-order valence-electron chi connectivity index (χ0n) is 15.4. The molecule has 2 aromatic heterocycles. The monoisotopic (exact) mass is 412 g/mol. The van der Waals surface area contributed by atoms with Gasteiger partial charge in [0, 0.05) is 25.0 Å². The van der Waals surface area contributed by atoms with Crippen molar-refractivity contribution in [3.8, 4) is 0 Å². The summed E-state index contributed by atoms with van der Waals surface area (Å²) >= 11 is 0. The molecule has 1 fully saturated rings. The molecule has 2 N–H and O–H groups in total.